The largest absolute Gasteiger partial charge is 0.319 e. The van der Waals surface area contributed by atoms with Gasteiger partial charge in [-0.1, -0.05) is 29.8 Å². The Morgan fingerprint density at radius 1 is 1.05 bits per heavy atom. The van der Waals surface area contributed by atoms with Gasteiger partial charge in [-0.25, -0.2) is 8.78 Å². The first-order valence-electron chi connectivity index (χ1n) is 6.74. The number of likely N-dealkylation sites (N-methyl/N-ethyl adjacent to an activating group) is 1. The van der Waals surface area contributed by atoms with Gasteiger partial charge >= 0.3 is 0 Å². The summed E-state index contributed by atoms with van der Waals surface area (Å²) in [5, 5.41) is 3.15. The van der Waals surface area contributed by atoms with E-state index in [1.54, 1.807) is 0 Å². The molecule has 1 atom stereocenters. The number of benzene rings is 2. The smallest absolute Gasteiger partial charge is 0.126 e. The van der Waals surface area contributed by atoms with Gasteiger partial charge in [0.2, 0.25) is 0 Å². The second-order valence-corrected chi connectivity index (χ2v) is 5.15. The Labute approximate surface area is 118 Å². The van der Waals surface area contributed by atoms with E-state index in [0.717, 1.165) is 12.6 Å². The van der Waals surface area contributed by atoms with Crippen LogP contribution in [0.2, 0.25) is 0 Å². The first kappa shape index (κ1) is 14.7. The van der Waals surface area contributed by atoms with Gasteiger partial charge in [0, 0.05) is 18.5 Å². The number of hydrogen-bond acceptors (Lipinski definition) is 1. The van der Waals surface area contributed by atoms with Crippen molar-refractivity contribution in [2.75, 3.05) is 13.6 Å². The molecule has 2 aromatic rings. The van der Waals surface area contributed by atoms with E-state index < -0.39 is 11.6 Å². The summed E-state index contributed by atoms with van der Waals surface area (Å²) >= 11 is 0. The molecule has 0 heterocycles. The standard InChI is InChI=1S/C17H19F2N/c1-12-4-3-5-14(6-12)15(11-20-2)7-13-8-16(18)10-17(19)9-13/h3-6,8-10,15,20H,7,11H2,1-2H3. The zero-order chi connectivity index (χ0) is 14.5. The van der Waals surface area contributed by atoms with Crippen molar-refractivity contribution in [2.45, 2.75) is 19.3 Å². The van der Waals surface area contributed by atoms with Crippen LogP contribution in [0.5, 0.6) is 0 Å². The minimum Gasteiger partial charge on any atom is -0.319 e. The van der Waals surface area contributed by atoms with Crippen LogP contribution in [0.3, 0.4) is 0 Å². The zero-order valence-electron chi connectivity index (χ0n) is 11.8. The molecule has 0 aliphatic heterocycles. The summed E-state index contributed by atoms with van der Waals surface area (Å²) in [4.78, 5) is 0. The van der Waals surface area contributed by atoms with Crippen molar-refractivity contribution in [1.29, 1.82) is 0 Å². The monoisotopic (exact) mass is 275 g/mol. The fourth-order valence-electron chi connectivity index (χ4n) is 2.49. The third-order valence-corrected chi connectivity index (χ3v) is 3.37. The van der Waals surface area contributed by atoms with Crippen LogP contribution < -0.4 is 5.32 Å². The molecule has 0 fully saturated rings. The summed E-state index contributed by atoms with van der Waals surface area (Å²) in [5.74, 6) is -0.846. The molecule has 0 aliphatic carbocycles. The van der Waals surface area contributed by atoms with E-state index in [1.807, 2.05) is 26.1 Å². The predicted molar refractivity (Wildman–Crippen MR) is 77.9 cm³/mol. The molecule has 1 nitrogen and oxygen atoms in total. The van der Waals surface area contributed by atoms with Crippen LogP contribution in [0, 0.1) is 18.6 Å². The molecule has 20 heavy (non-hydrogen) atoms. The van der Waals surface area contributed by atoms with E-state index in [9.17, 15) is 8.78 Å². The van der Waals surface area contributed by atoms with E-state index >= 15 is 0 Å². The molecule has 0 radical (unpaired) electrons. The molecule has 1 N–H and O–H groups in total. The van der Waals surface area contributed by atoms with E-state index in [1.165, 1.54) is 23.3 Å². The summed E-state index contributed by atoms with van der Waals surface area (Å²) < 4.78 is 26.6. The fourth-order valence-corrected chi connectivity index (χ4v) is 2.49. The van der Waals surface area contributed by atoms with Gasteiger partial charge in [0.15, 0.2) is 0 Å². The summed E-state index contributed by atoms with van der Waals surface area (Å²) in [6.07, 6.45) is 0.610. The Balaban J connectivity index is 2.25. The maximum Gasteiger partial charge on any atom is 0.126 e. The molecular weight excluding hydrogens is 256 g/mol. The lowest BCUT2D eigenvalue weighted by atomic mass is 9.91. The van der Waals surface area contributed by atoms with Gasteiger partial charge in [-0.3, -0.25) is 0 Å². The second-order valence-electron chi connectivity index (χ2n) is 5.15. The number of rotatable bonds is 5. The Hall–Kier alpha value is -1.74. The highest BCUT2D eigenvalue weighted by Crippen LogP contribution is 2.22. The highest BCUT2D eigenvalue weighted by atomic mass is 19.1. The normalized spacial score (nSPS) is 12.4. The van der Waals surface area contributed by atoms with Crippen LogP contribution in [0.4, 0.5) is 8.78 Å². The highest BCUT2D eigenvalue weighted by molar-refractivity contribution is 5.28. The second kappa shape index (κ2) is 6.62. The maximum absolute atomic E-state index is 13.3. The maximum atomic E-state index is 13.3. The first-order chi connectivity index (χ1) is 9.58. The molecule has 0 saturated carbocycles. The molecule has 3 heteroatoms. The molecule has 0 amide bonds. The van der Waals surface area contributed by atoms with Crippen molar-refractivity contribution in [3.8, 4) is 0 Å². The molecule has 0 aliphatic rings. The first-order valence-corrected chi connectivity index (χ1v) is 6.74. The lowest BCUT2D eigenvalue weighted by Crippen LogP contribution is -2.19. The summed E-state index contributed by atoms with van der Waals surface area (Å²) in [5.41, 5.74) is 3.06. The van der Waals surface area contributed by atoms with Crippen LogP contribution in [-0.2, 0) is 6.42 Å². The SMILES string of the molecule is CNCC(Cc1cc(F)cc(F)c1)c1cccc(C)c1. The van der Waals surface area contributed by atoms with E-state index in [4.69, 9.17) is 0 Å². The Kier molecular flexibility index (Phi) is 4.85. The van der Waals surface area contributed by atoms with Gasteiger partial charge in [-0.05, 0) is 43.7 Å². The van der Waals surface area contributed by atoms with Crippen LogP contribution in [0.1, 0.15) is 22.6 Å². The molecule has 0 spiro atoms. The minimum absolute atomic E-state index is 0.195. The molecule has 106 valence electrons. The topological polar surface area (TPSA) is 12.0 Å². The van der Waals surface area contributed by atoms with Crippen LogP contribution >= 0.6 is 0 Å². The molecule has 0 bridgehead atoms. The van der Waals surface area contributed by atoms with E-state index in [0.29, 0.717) is 12.0 Å². The van der Waals surface area contributed by atoms with Crippen molar-refractivity contribution in [3.05, 3.63) is 70.8 Å². The molecule has 2 aromatic carbocycles. The van der Waals surface area contributed by atoms with Crippen LogP contribution in [0.25, 0.3) is 0 Å². The van der Waals surface area contributed by atoms with Crippen molar-refractivity contribution in [1.82, 2.24) is 5.32 Å². The quantitative estimate of drug-likeness (QED) is 0.874. The average Bonchev–Trinajstić information content (AvgIpc) is 2.37. The Morgan fingerprint density at radius 2 is 1.75 bits per heavy atom. The third kappa shape index (κ3) is 3.87. The summed E-state index contributed by atoms with van der Waals surface area (Å²) in [7, 11) is 1.88. The number of hydrogen-bond donors (Lipinski definition) is 1. The third-order valence-electron chi connectivity index (χ3n) is 3.37. The highest BCUT2D eigenvalue weighted by Gasteiger charge is 2.13. The number of aryl methyl sites for hydroxylation is 1. The van der Waals surface area contributed by atoms with E-state index in [2.05, 4.69) is 17.4 Å². The van der Waals surface area contributed by atoms with E-state index in [-0.39, 0.29) is 5.92 Å². The van der Waals surface area contributed by atoms with Crippen molar-refractivity contribution in [3.63, 3.8) is 0 Å². The summed E-state index contributed by atoms with van der Waals surface area (Å²) in [6, 6.07) is 12.0. The lowest BCUT2D eigenvalue weighted by Gasteiger charge is -2.18. The van der Waals surface area contributed by atoms with Crippen LogP contribution in [-0.4, -0.2) is 13.6 Å². The fraction of sp³-hybridized carbons (Fsp3) is 0.294. The summed E-state index contributed by atoms with van der Waals surface area (Å²) in [6.45, 7) is 2.81. The van der Waals surface area contributed by atoms with Gasteiger partial charge < -0.3 is 5.32 Å². The zero-order valence-corrected chi connectivity index (χ0v) is 11.8. The van der Waals surface area contributed by atoms with Crippen molar-refractivity contribution in [2.24, 2.45) is 0 Å². The van der Waals surface area contributed by atoms with Gasteiger partial charge in [0.05, 0.1) is 0 Å². The van der Waals surface area contributed by atoms with Gasteiger partial charge in [0.25, 0.3) is 0 Å². The molecule has 1 unspecified atom stereocenters. The van der Waals surface area contributed by atoms with Gasteiger partial charge in [-0.15, -0.1) is 0 Å². The number of halogens is 2. The Bertz CT molecular complexity index is 561. The molecular formula is C17H19F2N. The lowest BCUT2D eigenvalue weighted by molar-refractivity contribution is 0.571. The average molecular weight is 275 g/mol. The van der Waals surface area contributed by atoms with Crippen molar-refractivity contribution < 1.29 is 8.78 Å². The Morgan fingerprint density at radius 3 is 2.35 bits per heavy atom. The van der Waals surface area contributed by atoms with Gasteiger partial charge in [0.1, 0.15) is 11.6 Å². The number of nitrogens with one attached hydrogen (secondary N) is 1. The van der Waals surface area contributed by atoms with Gasteiger partial charge in [-0.2, -0.15) is 0 Å². The molecule has 0 aromatic heterocycles. The molecule has 0 saturated heterocycles. The van der Waals surface area contributed by atoms with Crippen LogP contribution in [0.15, 0.2) is 42.5 Å². The predicted octanol–water partition coefficient (Wildman–Crippen LogP) is 3.82. The van der Waals surface area contributed by atoms with Crippen molar-refractivity contribution >= 4 is 0 Å². The molecule has 2 rings (SSSR count). The minimum atomic E-state index is -0.521.